The molecule has 0 radical (unpaired) electrons. The Balaban J connectivity index is 1.81. The second-order valence-corrected chi connectivity index (χ2v) is 6.35. The number of benzene rings is 2. The predicted octanol–water partition coefficient (Wildman–Crippen LogP) is 2.54. The highest BCUT2D eigenvalue weighted by molar-refractivity contribution is 7.84. The summed E-state index contributed by atoms with van der Waals surface area (Å²) in [7, 11) is -4.11. The first-order chi connectivity index (χ1) is 12.1. The molecule has 0 amide bonds. The number of halogens is 3. The van der Waals surface area contributed by atoms with Crippen LogP contribution in [0.15, 0.2) is 54.7 Å². The third kappa shape index (κ3) is 4.18. The maximum Gasteiger partial charge on any atom is 0.416 e. The van der Waals surface area contributed by atoms with Gasteiger partial charge < -0.3 is 4.18 Å². The maximum atomic E-state index is 12.6. The summed E-state index contributed by atoms with van der Waals surface area (Å²) in [5.41, 5.74) is 0.690. The van der Waals surface area contributed by atoms with Crippen LogP contribution in [0, 0.1) is 0 Å². The van der Waals surface area contributed by atoms with Crippen LogP contribution in [0.2, 0.25) is 0 Å². The van der Waals surface area contributed by atoms with Crippen LogP contribution < -0.4 is 9.32 Å². The minimum absolute atomic E-state index is 0.0337. The number of nitrogens with zero attached hydrogens (tertiary/aromatic N) is 3. The van der Waals surface area contributed by atoms with Gasteiger partial charge in [0.15, 0.2) is 0 Å². The molecule has 0 aliphatic rings. The number of alkyl halides is 3. The monoisotopic (exact) mass is 384 g/mol. The van der Waals surface area contributed by atoms with Crippen molar-refractivity contribution in [1.82, 2.24) is 15.0 Å². The Morgan fingerprint density at radius 1 is 1.00 bits per heavy atom. The van der Waals surface area contributed by atoms with E-state index in [0.29, 0.717) is 16.9 Å². The van der Waals surface area contributed by atoms with Gasteiger partial charge in [0.05, 0.1) is 17.4 Å². The molecule has 0 spiro atoms. The fourth-order valence-electron chi connectivity index (χ4n) is 2.14. The van der Waals surface area contributed by atoms with Crippen LogP contribution in [-0.4, -0.2) is 23.4 Å². The standard InChI is InChI=1S/C15H11F3N4O3S/c16-15(17,18)11-3-5-12(6-4-11)22-9-14(20-21-22)10-1-7-13(8-2-10)25-26(19,23)24/h1-9H,(H2,19,23,24). The fourth-order valence-corrected chi connectivity index (χ4v) is 2.52. The van der Waals surface area contributed by atoms with Crippen molar-refractivity contribution in [2.75, 3.05) is 0 Å². The van der Waals surface area contributed by atoms with E-state index >= 15 is 0 Å². The van der Waals surface area contributed by atoms with Gasteiger partial charge in [-0.15, -0.1) is 5.10 Å². The lowest BCUT2D eigenvalue weighted by molar-refractivity contribution is -0.137. The Bertz CT molecular complexity index is 1010. The van der Waals surface area contributed by atoms with E-state index < -0.39 is 22.0 Å². The summed E-state index contributed by atoms with van der Waals surface area (Å²) in [5, 5.41) is 12.6. The molecule has 0 aliphatic carbocycles. The highest BCUT2D eigenvalue weighted by Crippen LogP contribution is 2.29. The lowest BCUT2D eigenvalue weighted by Gasteiger charge is -2.07. The van der Waals surface area contributed by atoms with Crippen LogP contribution in [0.5, 0.6) is 5.75 Å². The van der Waals surface area contributed by atoms with Crippen molar-refractivity contribution >= 4 is 10.3 Å². The summed E-state index contributed by atoms with van der Waals surface area (Å²) >= 11 is 0. The van der Waals surface area contributed by atoms with Gasteiger partial charge >= 0.3 is 16.5 Å². The quantitative estimate of drug-likeness (QED) is 0.745. The van der Waals surface area contributed by atoms with Gasteiger partial charge in [0, 0.05) is 5.56 Å². The van der Waals surface area contributed by atoms with Crippen LogP contribution in [0.4, 0.5) is 13.2 Å². The first-order valence-corrected chi connectivity index (χ1v) is 8.51. The fraction of sp³-hybridized carbons (Fsp3) is 0.0667. The SMILES string of the molecule is NS(=O)(=O)Oc1ccc(-c2cn(-c3ccc(C(F)(F)F)cc3)nn2)cc1. The molecule has 3 aromatic rings. The molecule has 0 unspecified atom stereocenters. The number of aromatic nitrogens is 3. The Kier molecular flexibility index (Phi) is 4.42. The molecule has 0 saturated carbocycles. The van der Waals surface area contributed by atoms with E-state index in [4.69, 9.17) is 5.14 Å². The molecule has 7 nitrogen and oxygen atoms in total. The summed E-state index contributed by atoms with van der Waals surface area (Å²) in [6.07, 6.45) is -2.88. The Labute approximate surface area is 146 Å². The van der Waals surface area contributed by atoms with Crippen molar-refractivity contribution in [3.63, 3.8) is 0 Å². The molecule has 0 bridgehead atoms. The highest BCUT2D eigenvalue weighted by atomic mass is 32.2. The van der Waals surface area contributed by atoms with E-state index in [-0.39, 0.29) is 5.75 Å². The third-order valence-corrected chi connectivity index (χ3v) is 3.74. The first-order valence-electron chi connectivity index (χ1n) is 7.04. The van der Waals surface area contributed by atoms with Gasteiger partial charge in [-0.05, 0) is 48.5 Å². The lowest BCUT2D eigenvalue weighted by atomic mass is 10.1. The number of hydrogen-bond acceptors (Lipinski definition) is 5. The number of hydrogen-bond donors (Lipinski definition) is 1. The van der Waals surface area contributed by atoms with Crippen LogP contribution in [-0.2, 0) is 16.5 Å². The van der Waals surface area contributed by atoms with Crippen molar-refractivity contribution in [3.8, 4) is 22.7 Å². The van der Waals surface area contributed by atoms with E-state index in [9.17, 15) is 21.6 Å². The Morgan fingerprint density at radius 2 is 1.62 bits per heavy atom. The topological polar surface area (TPSA) is 100 Å². The first kappa shape index (κ1) is 17.9. The smallest absolute Gasteiger partial charge is 0.371 e. The van der Waals surface area contributed by atoms with Crippen molar-refractivity contribution in [2.24, 2.45) is 5.14 Å². The zero-order chi connectivity index (χ0) is 18.9. The van der Waals surface area contributed by atoms with E-state index in [2.05, 4.69) is 14.5 Å². The molecule has 0 aliphatic heterocycles. The molecule has 0 atom stereocenters. The molecular formula is C15H11F3N4O3S. The molecule has 0 saturated heterocycles. The van der Waals surface area contributed by atoms with E-state index in [1.165, 1.54) is 35.1 Å². The molecule has 136 valence electrons. The summed E-state index contributed by atoms with van der Waals surface area (Å²) in [5.74, 6) is 0.0337. The Morgan fingerprint density at radius 3 is 2.15 bits per heavy atom. The average Bonchev–Trinajstić information content (AvgIpc) is 3.03. The van der Waals surface area contributed by atoms with Gasteiger partial charge in [-0.2, -0.15) is 26.7 Å². The summed E-state index contributed by atoms with van der Waals surface area (Å²) in [6.45, 7) is 0. The number of nitrogens with two attached hydrogens (primary N) is 1. The van der Waals surface area contributed by atoms with Crippen LogP contribution in [0.3, 0.4) is 0 Å². The minimum atomic E-state index is -4.41. The van der Waals surface area contributed by atoms with Gasteiger partial charge in [0.25, 0.3) is 0 Å². The molecule has 2 N–H and O–H groups in total. The second kappa shape index (κ2) is 6.42. The highest BCUT2D eigenvalue weighted by Gasteiger charge is 2.30. The van der Waals surface area contributed by atoms with Gasteiger partial charge in [0.2, 0.25) is 0 Å². The van der Waals surface area contributed by atoms with E-state index in [1.54, 1.807) is 12.1 Å². The average molecular weight is 384 g/mol. The summed E-state index contributed by atoms with van der Waals surface area (Å²) in [6, 6.07) is 10.3. The van der Waals surface area contributed by atoms with Crippen LogP contribution in [0.25, 0.3) is 16.9 Å². The van der Waals surface area contributed by atoms with Crippen molar-refractivity contribution in [1.29, 1.82) is 0 Å². The zero-order valence-corrected chi connectivity index (χ0v) is 13.7. The molecule has 1 heterocycles. The van der Waals surface area contributed by atoms with Gasteiger partial charge in [0.1, 0.15) is 11.4 Å². The molecule has 11 heteroatoms. The second-order valence-electron chi connectivity index (χ2n) is 5.19. The number of rotatable bonds is 4. The van der Waals surface area contributed by atoms with Crippen molar-refractivity contribution in [3.05, 3.63) is 60.3 Å². The molecule has 1 aromatic heterocycles. The lowest BCUT2D eigenvalue weighted by Crippen LogP contribution is -2.18. The van der Waals surface area contributed by atoms with E-state index in [0.717, 1.165) is 12.1 Å². The predicted molar refractivity (Wildman–Crippen MR) is 85.5 cm³/mol. The van der Waals surface area contributed by atoms with Gasteiger partial charge in [-0.25, -0.2) is 4.68 Å². The normalized spacial score (nSPS) is 12.2. The van der Waals surface area contributed by atoms with E-state index in [1.807, 2.05) is 0 Å². The maximum absolute atomic E-state index is 12.6. The van der Waals surface area contributed by atoms with Crippen LogP contribution in [0.1, 0.15) is 5.56 Å². The van der Waals surface area contributed by atoms with Gasteiger partial charge in [-0.3, -0.25) is 0 Å². The summed E-state index contributed by atoms with van der Waals surface area (Å²) in [4.78, 5) is 0. The minimum Gasteiger partial charge on any atom is -0.371 e. The zero-order valence-electron chi connectivity index (χ0n) is 12.9. The molecule has 3 rings (SSSR count). The van der Waals surface area contributed by atoms with Crippen molar-refractivity contribution in [2.45, 2.75) is 6.18 Å². The molecule has 0 fully saturated rings. The third-order valence-electron chi connectivity index (χ3n) is 3.32. The van der Waals surface area contributed by atoms with Gasteiger partial charge in [-0.1, -0.05) is 5.21 Å². The van der Waals surface area contributed by atoms with Crippen LogP contribution >= 0.6 is 0 Å². The largest absolute Gasteiger partial charge is 0.416 e. The Hall–Kier alpha value is -2.92. The summed E-state index contributed by atoms with van der Waals surface area (Å²) < 4.78 is 65.3. The molecule has 2 aromatic carbocycles. The van der Waals surface area contributed by atoms with Crippen molar-refractivity contribution < 1.29 is 25.8 Å². The molecular weight excluding hydrogens is 373 g/mol. The molecule has 26 heavy (non-hydrogen) atoms.